The number of thiazole rings is 1. The highest BCUT2D eigenvalue weighted by molar-refractivity contribution is 7.22. The molecule has 156 valence electrons. The lowest BCUT2D eigenvalue weighted by Crippen LogP contribution is -2.43. The normalized spacial score (nSPS) is 16.0. The molecule has 0 aliphatic carbocycles. The van der Waals surface area contributed by atoms with E-state index in [1.54, 1.807) is 36.3 Å². The van der Waals surface area contributed by atoms with Gasteiger partial charge in [-0.05, 0) is 56.2 Å². The van der Waals surface area contributed by atoms with Crippen LogP contribution >= 0.6 is 11.3 Å². The standard InChI is InChI=1S/C23H20N4O3S/c1-14-15(10-11-16(24-14)19-8-5-13-30-19)22(29)27-12-4-7-18(27)21(28)26-23-25-17-6-2-3-9-20(17)31-23/h2-3,5-6,8-11,13,18H,4,7,12H2,1H3,(H,25,26,28). The minimum Gasteiger partial charge on any atom is -0.463 e. The van der Waals surface area contributed by atoms with Crippen LogP contribution in [-0.2, 0) is 4.79 Å². The van der Waals surface area contributed by atoms with Gasteiger partial charge in [-0.1, -0.05) is 23.5 Å². The highest BCUT2D eigenvalue weighted by Crippen LogP contribution is 2.28. The number of aryl methyl sites for hydroxylation is 1. The SMILES string of the molecule is Cc1nc(-c2ccco2)ccc1C(=O)N1CCCC1C(=O)Nc1nc2ccccc2s1. The summed E-state index contributed by atoms with van der Waals surface area (Å²) in [6, 6.07) is 14.4. The maximum atomic E-state index is 13.2. The lowest BCUT2D eigenvalue weighted by Gasteiger charge is -2.24. The second-order valence-electron chi connectivity index (χ2n) is 7.44. The summed E-state index contributed by atoms with van der Waals surface area (Å²) in [5.74, 6) is 0.261. The summed E-state index contributed by atoms with van der Waals surface area (Å²) >= 11 is 1.43. The third kappa shape index (κ3) is 3.70. The lowest BCUT2D eigenvalue weighted by atomic mass is 10.1. The molecule has 1 saturated heterocycles. The summed E-state index contributed by atoms with van der Waals surface area (Å²) in [6.07, 6.45) is 2.99. The van der Waals surface area contributed by atoms with E-state index in [4.69, 9.17) is 4.42 Å². The van der Waals surface area contributed by atoms with Gasteiger partial charge in [0, 0.05) is 6.54 Å². The van der Waals surface area contributed by atoms with Crippen molar-refractivity contribution in [2.75, 3.05) is 11.9 Å². The topological polar surface area (TPSA) is 88.3 Å². The Morgan fingerprint density at radius 1 is 1.13 bits per heavy atom. The number of hydrogen-bond acceptors (Lipinski definition) is 6. The Labute approximate surface area is 182 Å². The Hall–Kier alpha value is -3.52. The third-order valence-electron chi connectivity index (χ3n) is 5.43. The Morgan fingerprint density at radius 3 is 2.77 bits per heavy atom. The van der Waals surface area contributed by atoms with Gasteiger partial charge in [-0.3, -0.25) is 9.59 Å². The van der Waals surface area contributed by atoms with Crippen LogP contribution in [0.5, 0.6) is 0 Å². The molecule has 0 bridgehead atoms. The second kappa shape index (κ2) is 7.96. The van der Waals surface area contributed by atoms with E-state index in [0.717, 1.165) is 16.6 Å². The molecule has 0 saturated carbocycles. The molecule has 3 aromatic heterocycles. The molecule has 4 aromatic rings. The fourth-order valence-electron chi connectivity index (χ4n) is 3.90. The molecule has 5 rings (SSSR count). The number of aromatic nitrogens is 2. The molecular weight excluding hydrogens is 412 g/mol. The first-order valence-electron chi connectivity index (χ1n) is 10.1. The number of amides is 2. The fraction of sp³-hybridized carbons (Fsp3) is 0.217. The van der Waals surface area contributed by atoms with Crippen molar-refractivity contribution in [2.24, 2.45) is 0 Å². The summed E-state index contributed by atoms with van der Waals surface area (Å²) in [5.41, 5.74) is 2.62. The van der Waals surface area contributed by atoms with Gasteiger partial charge in [0.25, 0.3) is 5.91 Å². The smallest absolute Gasteiger partial charge is 0.256 e. The van der Waals surface area contributed by atoms with E-state index in [1.165, 1.54) is 11.3 Å². The van der Waals surface area contributed by atoms with Crippen molar-refractivity contribution in [2.45, 2.75) is 25.8 Å². The van der Waals surface area contributed by atoms with E-state index in [-0.39, 0.29) is 11.8 Å². The summed E-state index contributed by atoms with van der Waals surface area (Å²) < 4.78 is 6.40. The molecule has 1 aromatic carbocycles. The molecule has 31 heavy (non-hydrogen) atoms. The number of rotatable bonds is 4. The molecule has 7 nitrogen and oxygen atoms in total. The van der Waals surface area contributed by atoms with Gasteiger partial charge in [-0.2, -0.15) is 0 Å². The van der Waals surface area contributed by atoms with Crippen LogP contribution in [0.4, 0.5) is 5.13 Å². The predicted octanol–water partition coefficient (Wildman–Crippen LogP) is 4.50. The summed E-state index contributed by atoms with van der Waals surface area (Å²) in [6.45, 7) is 2.34. The van der Waals surface area contributed by atoms with Crippen LogP contribution in [0.25, 0.3) is 21.7 Å². The summed E-state index contributed by atoms with van der Waals surface area (Å²) in [7, 11) is 0. The largest absolute Gasteiger partial charge is 0.463 e. The average Bonchev–Trinajstić information content (AvgIpc) is 3.53. The molecule has 1 aliphatic rings. The number of furan rings is 1. The van der Waals surface area contributed by atoms with Crippen LogP contribution < -0.4 is 5.32 Å². The average molecular weight is 433 g/mol. The van der Waals surface area contributed by atoms with Gasteiger partial charge in [-0.15, -0.1) is 0 Å². The minimum atomic E-state index is -0.524. The number of carbonyl (C=O) groups excluding carboxylic acids is 2. The minimum absolute atomic E-state index is 0.182. The Morgan fingerprint density at radius 2 is 2.00 bits per heavy atom. The van der Waals surface area contributed by atoms with E-state index in [9.17, 15) is 9.59 Å². The van der Waals surface area contributed by atoms with Crippen LogP contribution in [0.15, 0.2) is 59.2 Å². The summed E-state index contributed by atoms with van der Waals surface area (Å²) in [4.78, 5) is 36.8. The molecule has 1 unspecified atom stereocenters. The molecule has 2 amide bonds. The van der Waals surface area contributed by atoms with Gasteiger partial charge in [0.15, 0.2) is 10.9 Å². The highest BCUT2D eigenvalue weighted by atomic mass is 32.1. The number of anilines is 1. The van der Waals surface area contributed by atoms with Gasteiger partial charge < -0.3 is 14.6 Å². The highest BCUT2D eigenvalue weighted by Gasteiger charge is 2.35. The van der Waals surface area contributed by atoms with Gasteiger partial charge in [-0.25, -0.2) is 9.97 Å². The number of pyridine rings is 1. The van der Waals surface area contributed by atoms with Crippen LogP contribution in [0.2, 0.25) is 0 Å². The van der Waals surface area contributed by atoms with E-state index in [2.05, 4.69) is 15.3 Å². The molecular formula is C23H20N4O3S. The quantitative estimate of drug-likeness (QED) is 0.513. The zero-order valence-electron chi connectivity index (χ0n) is 16.9. The molecule has 1 N–H and O–H groups in total. The molecule has 0 radical (unpaired) electrons. The maximum absolute atomic E-state index is 13.2. The van der Waals surface area contributed by atoms with Gasteiger partial charge in [0.05, 0.1) is 27.7 Å². The lowest BCUT2D eigenvalue weighted by molar-refractivity contribution is -0.119. The number of likely N-dealkylation sites (tertiary alicyclic amines) is 1. The van der Waals surface area contributed by atoms with Crippen molar-refractivity contribution >= 4 is 38.5 Å². The first-order chi connectivity index (χ1) is 15.1. The molecule has 1 fully saturated rings. The van der Waals surface area contributed by atoms with Crippen molar-refractivity contribution in [1.29, 1.82) is 0 Å². The number of fused-ring (bicyclic) bond motifs is 1. The van der Waals surface area contributed by atoms with E-state index in [0.29, 0.717) is 40.8 Å². The van der Waals surface area contributed by atoms with Crippen molar-refractivity contribution in [3.05, 3.63) is 66.1 Å². The van der Waals surface area contributed by atoms with Crippen molar-refractivity contribution in [3.63, 3.8) is 0 Å². The maximum Gasteiger partial charge on any atom is 0.256 e. The van der Waals surface area contributed by atoms with Crippen LogP contribution in [-0.4, -0.2) is 39.3 Å². The molecule has 1 atom stereocenters. The number of nitrogens with one attached hydrogen (secondary N) is 1. The number of nitrogens with zero attached hydrogens (tertiary/aromatic N) is 3. The first-order valence-corrected chi connectivity index (χ1v) is 10.9. The first kappa shape index (κ1) is 19.4. The third-order valence-corrected chi connectivity index (χ3v) is 6.38. The Bertz CT molecular complexity index is 1230. The monoisotopic (exact) mass is 432 g/mol. The van der Waals surface area contributed by atoms with E-state index < -0.39 is 6.04 Å². The number of hydrogen-bond donors (Lipinski definition) is 1. The van der Waals surface area contributed by atoms with E-state index in [1.807, 2.05) is 30.3 Å². The molecule has 8 heteroatoms. The van der Waals surface area contributed by atoms with E-state index >= 15 is 0 Å². The van der Waals surface area contributed by atoms with Gasteiger partial charge in [0.2, 0.25) is 5.91 Å². The van der Waals surface area contributed by atoms with Crippen molar-refractivity contribution in [3.8, 4) is 11.5 Å². The van der Waals surface area contributed by atoms with Gasteiger partial charge in [0.1, 0.15) is 11.7 Å². The number of benzene rings is 1. The molecule has 1 aliphatic heterocycles. The van der Waals surface area contributed by atoms with Crippen LogP contribution in [0.3, 0.4) is 0 Å². The Kier molecular flexibility index (Phi) is 4.99. The summed E-state index contributed by atoms with van der Waals surface area (Å²) in [5, 5.41) is 3.45. The number of para-hydroxylation sites is 1. The van der Waals surface area contributed by atoms with Crippen molar-refractivity contribution in [1.82, 2.24) is 14.9 Å². The number of carbonyl (C=O) groups is 2. The predicted molar refractivity (Wildman–Crippen MR) is 119 cm³/mol. The Balaban J connectivity index is 1.34. The molecule has 4 heterocycles. The zero-order valence-corrected chi connectivity index (χ0v) is 17.7. The van der Waals surface area contributed by atoms with Gasteiger partial charge >= 0.3 is 0 Å². The fourth-order valence-corrected chi connectivity index (χ4v) is 4.77. The second-order valence-corrected chi connectivity index (χ2v) is 8.47. The van der Waals surface area contributed by atoms with Crippen molar-refractivity contribution < 1.29 is 14.0 Å². The molecule has 0 spiro atoms. The van der Waals surface area contributed by atoms with Crippen LogP contribution in [0.1, 0.15) is 28.9 Å². The zero-order chi connectivity index (χ0) is 21.4. The van der Waals surface area contributed by atoms with Crippen LogP contribution in [0, 0.1) is 6.92 Å².